The molecule has 1 aliphatic heterocycles. The lowest BCUT2D eigenvalue weighted by atomic mass is 9.76. The normalized spacial score (nSPS) is 18.3. The minimum Gasteiger partial charge on any atom is -0.508 e. The second-order valence-electron chi connectivity index (χ2n) is 6.12. The van der Waals surface area contributed by atoms with Gasteiger partial charge in [0.2, 0.25) is 5.91 Å². The molecule has 24 heavy (non-hydrogen) atoms. The number of carbonyl (C=O) groups excluding carboxylic acids is 1. The van der Waals surface area contributed by atoms with Gasteiger partial charge in [-0.1, -0.05) is 11.6 Å². The Morgan fingerprint density at radius 3 is 2.83 bits per heavy atom. The van der Waals surface area contributed by atoms with E-state index in [0.717, 1.165) is 19.3 Å². The second kappa shape index (κ2) is 6.58. The zero-order valence-electron chi connectivity index (χ0n) is 13.1. The quantitative estimate of drug-likeness (QED) is 0.881. The van der Waals surface area contributed by atoms with Crippen molar-refractivity contribution in [1.29, 1.82) is 5.26 Å². The number of nitrogens with one attached hydrogen (secondary N) is 1. The summed E-state index contributed by atoms with van der Waals surface area (Å²) in [6.07, 6.45) is 8.46. The molecule has 2 aliphatic rings. The first-order chi connectivity index (χ1) is 11.5. The molecule has 124 valence electrons. The standard InChI is InChI=1S/C18H18ClN3O2/c19-14-2-3-16(23)13(10-14)11-17(24)21-15-4-8-22(9-5-15)18(12-20)6-1-7-18/h2-5,8,10,23H,1,6-7,9,11H2,(H,21,24). The van der Waals surface area contributed by atoms with Crippen LogP contribution in [0.25, 0.3) is 0 Å². The number of allylic oxidation sites excluding steroid dienone is 1. The average Bonchev–Trinajstić information content (AvgIpc) is 2.52. The van der Waals surface area contributed by atoms with Crippen LogP contribution in [0.15, 0.2) is 42.2 Å². The molecule has 2 N–H and O–H groups in total. The maximum Gasteiger partial charge on any atom is 0.228 e. The molecule has 1 aromatic rings. The van der Waals surface area contributed by atoms with Crippen LogP contribution in [-0.4, -0.2) is 28.0 Å². The molecular weight excluding hydrogens is 326 g/mol. The highest BCUT2D eigenvalue weighted by molar-refractivity contribution is 6.30. The lowest BCUT2D eigenvalue weighted by Crippen LogP contribution is -2.50. The molecule has 1 aromatic carbocycles. The molecule has 6 heteroatoms. The van der Waals surface area contributed by atoms with Gasteiger partial charge < -0.3 is 15.3 Å². The Morgan fingerprint density at radius 1 is 1.46 bits per heavy atom. The number of nitrogens with zero attached hydrogens (tertiary/aromatic N) is 2. The lowest BCUT2D eigenvalue weighted by Gasteiger charge is -2.45. The SMILES string of the molecule is N#CC1(N2C=CC(NC(=O)Cc3cc(Cl)ccc3O)=CC2)CCC1. The fourth-order valence-electron chi connectivity index (χ4n) is 2.95. The summed E-state index contributed by atoms with van der Waals surface area (Å²) in [5, 5.41) is 22.4. The Morgan fingerprint density at radius 2 is 2.25 bits per heavy atom. The first-order valence-corrected chi connectivity index (χ1v) is 8.24. The number of aromatic hydroxyl groups is 1. The molecule has 3 rings (SSSR count). The maximum atomic E-state index is 12.1. The molecule has 1 saturated carbocycles. The largest absolute Gasteiger partial charge is 0.508 e. The van der Waals surface area contributed by atoms with Crippen molar-refractivity contribution in [2.45, 2.75) is 31.2 Å². The summed E-state index contributed by atoms with van der Waals surface area (Å²) in [4.78, 5) is 14.2. The number of carbonyl (C=O) groups is 1. The number of benzene rings is 1. The predicted octanol–water partition coefficient (Wildman–Crippen LogP) is 2.86. The van der Waals surface area contributed by atoms with Crippen LogP contribution in [-0.2, 0) is 11.2 Å². The van der Waals surface area contributed by atoms with Crippen LogP contribution in [0.4, 0.5) is 0 Å². The van der Waals surface area contributed by atoms with E-state index in [1.165, 1.54) is 6.07 Å². The van der Waals surface area contributed by atoms with Crippen molar-refractivity contribution in [3.63, 3.8) is 0 Å². The first-order valence-electron chi connectivity index (χ1n) is 7.86. The third kappa shape index (κ3) is 3.24. The van der Waals surface area contributed by atoms with Gasteiger partial charge >= 0.3 is 0 Å². The number of hydrogen-bond acceptors (Lipinski definition) is 4. The molecule has 1 fully saturated rings. The summed E-state index contributed by atoms with van der Waals surface area (Å²) in [6, 6.07) is 7.03. The summed E-state index contributed by atoms with van der Waals surface area (Å²) in [5.41, 5.74) is 0.805. The predicted molar refractivity (Wildman–Crippen MR) is 91.1 cm³/mol. The van der Waals surface area contributed by atoms with Gasteiger partial charge in [0.1, 0.15) is 11.3 Å². The third-order valence-electron chi connectivity index (χ3n) is 4.56. The van der Waals surface area contributed by atoms with E-state index in [1.807, 2.05) is 17.2 Å². The molecule has 0 spiro atoms. The van der Waals surface area contributed by atoms with Crippen LogP contribution in [0.1, 0.15) is 24.8 Å². The minimum absolute atomic E-state index is 0.0451. The van der Waals surface area contributed by atoms with Crippen LogP contribution >= 0.6 is 11.6 Å². The molecule has 0 atom stereocenters. The summed E-state index contributed by atoms with van der Waals surface area (Å²) in [6.45, 7) is 0.599. The topological polar surface area (TPSA) is 76.4 Å². The number of phenolic OH excluding ortho intramolecular Hbond substituents is 1. The van der Waals surface area contributed by atoms with Crippen molar-refractivity contribution in [3.05, 3.63) is 52.8 Å². The number of rotatable bonds is 4. The highest BCUT2D eigenvalue weighted by Gasteiger charge is 2.41. The number of phenols is 1. The van der Waals surface area contributed by atoms with Crippen LogP contribution in [0, 0.1) is 11.3 Å². The Bertz CT molecular complexity index is 760. The summed E-state index contributed by atoms with van der Waals surface area (Å²) in [5.74, 6) is -0.176. The minimum atomic E-state index is -0.380. The molecule has 0 unspecified atom stereocenters. The molecule has 0 aromatic heterocycles. The van der Waals surface area contributed by atoms with Gasteiger partial charge in [-0.05, 0) is 49.6 Å². The highest BCUT2D eigenvalue weighted by atomic mass is 35.5. The fraction of sp³-hybridized carbons (Fsp3) is 0.333. The Kier molecular flexibility index (Phi) is 4.50. The van der Waals surface area contributed by atoms with E-state index in [2.05, 4.69) is 11.4 Å². The molecule has 0 saturated heterocycles. The smallest absolute Gasteiger partial charge is 0.228 e. The second-order valence-corrected chi connectivity index (χ2v) is 6.56. The van der Waals surface area contributed by atoms with E-state index in [1.54, 1.807) is 18.2 Å². The van der Waals surface area contributed by atoms with Crippen molar-refractivity contribution < 1.29 is 9.90 Å². The van der Waals surface area contributed by atoms with E-state index in [-0.39, 0.29) is 23.6 Å². The van der Waals surface area contributed by atoms with E-state index in [0.29, 0.717) is 22.8 Å². The van der Waals surface area contributed by atoms with Gasteiger partial charge in [-0.25, -0.2) is 0 Å². The van der Waals surface area contributed by atoms with Gasteiger partial charge in [0.25, 0.3) is 0 Å². The number of amides is 1. The van der Waals surface area contributed by atoms with Gasteiger partial charge in [-0.15, -0.1) is 0 Å². The highest BCUT2D eigenvalue weighted by Crippen LogP contribution is 2.38. The van der Waals surface area contributed by atoms with Gasteiger partial charge in [0.15, 0.2) is 0 Å². The van der Waals surface area contributed by atoms with Crippen molar-refractivity contribution in [1.82, 2.24) is 10.2 Å². The van der Waals surface area contributed by atoms with Crippen molar-refractivity contribution in [2.75, 3.05) is 6.54 Å². The summed E-state index contributed by atoms with van der Waals surface area (Å²) >= 11 is 5.89. The van der Waals surface area contributed by atoms with Crippen molar-refractivity contribution in [3.8, 4) is 11.8 Å². The van der Waals surface area contributed by atoms with Gasteiger partial charge in [0.05, 0.1) is 12.5 Å². The van der Waals surface area contributed by atoms with Crippen LogP contribution in [0.5, 0.6) is 5.75 Å². The average molecular weight is 344 g/mol. The number of hydrogen-bond donors (Lipinski definition) is 2. The zero-order chi connectivity index (χ0) is 17.2. The molecule has 1 amide bonds. The first kappa shape index (κ1) is 16.4. The Labute approximate surface area is 145 Å². The van der Waals surface area contributed by atoms with Crippen LogP contribution in [0.2, 0.25) is 5.02 Å². The third-order valence-corrected chi connectivity index (χ3v) is 4.79. The summed E-state index contributed by atoms with van der Waals surface area (Å²) in [7, 11) is 0. The Hall–Kier alpha value is -2.45. The van der Waals surface area contributed by atoms with Crippen molar-refractivity contribution >= 4 is 17.5 Å². The van der Waals surface area contributed by atoms with Gasteiger partial charge in [-0.3, -0.25) is 4.79 Å². The van der Waals surface area contributed by atoms with Crippen LogP contribution in [0.3, 0.4) is 0 Å². The molecule has 0 radical (unpaired) electrons. The number of nitriles is 1. The molecule has 0 bridgehead atoms. The van der Waals surface area contributed by atoms with E-state index in [4.69, 9.17) is 11.6 Å². The maximum absolute atomic E-state index is 12.1. The lowest BCUT2D eigenvalue weighted by molar-refractivity contribution is -0.119. The Balaban J connectivity index is 1.58. The molecular formula is C18H18ClN3O2. The van der Waals surface area contributed by atoms with E-state index < -0.39 is 0 Å². The van der Waals surface area contributed by atoms with Gasteiger partial charge in [-0.2, -0.15) is 5.26 Å². The molecule has 1 heterocycles. The van der Waals surface area contributed by atoms with E-state index in [9.17, 15) is 15.2 Å². The molecule has 5 nitrogen and oxygen atoms in total. The summed E-state index contributed by atoms with van der Waals surface area (Å²) < 4.78 is 0. The van der Waals surface area contributed by atoms with E-state index >= 15 is 0 Å². The van der Waals surface area contributed by atoms with Crippen molar-refractivity contribution in [2.24, 2.45) is 0 Å². The monoisotopic (exact) mass is 343 g/mol. The van der Waals surface area contributed by atoms with Crippen LogP contribution < -0.4 is 5.32 Å². The van der Waals surface area contributed by atoms with Gasteiger partial charge in [0, 0.05) is 29.0 Å². The zero-order valence-corrected chi connectivity index (χ0v) is 13.9. The number of halogens is 1. The molecule has 1 aliphatic carbocycles. The fourth-order valence-corrected chi connectivity index (χ4v) is 3.15.